The molecule has 2 aliphatic rings. The molecule has 3 rings (SSSR count). The zero-order valence-electron chi connectivity index (χ0n) is 14.0. The van der Waals surface area contributed by atoms with Crippen molar-refractivity contribution in [3.05, 3.63) is 35.5 Å². The van der Waals surface area contributed by atoms with Gasteiger partial charge in [0.15, 0.2) is 0 Å². The third-order valence-electron chi connectivity index (χ3n) is 4.74. The second kappa shape index (κ2) is 7.45. The van der Waals surface area contributed by atoms with Gasteiger partial charge in [-0.1, -0.05) is 6.08 Å². The van der Waals surface area contributed by atoms with E-state index in [0.29, 0.717) is 12.4 Å². The van der Waals surface area contributed by atoms with Crippen molar-refractivity contribution >= 4 is 11.7 Å². The Labute approximate surface area is 145 Å². The quantitative estimate of drug-likeness (QED) is 0.901. The number of halogens is 3. The van der Waals surface area contributed by atoms with Gasteiger partial charge in [-0.05, 0) is 50.7 Å². The Morgan fingerprint density at radius 1 is 1.24 bits per heavy atom. The smallest absolute Gasteiger partial charge is 0.355 e. The van der Waals surface area contributed by atoms with Gasteiger partial charge in [0.1, 0.15) is 5.82 Å². The number of anilines is 1. The van der Waals surface area contributed by atoms with Crippen LogP contribution < -0.4 is 10.2 Å². The zero-order chi connectivity index (χ0) is 17.9. The van der Waals surface area contributed by atoms with Crippen LogP contribution in [0.2, 0.25) is 0 Å². The number of nitrogens with one attached hydrogen (secondary N) is 1. The standard InChI is InChI=1S/C18H22F3N3O/c19-18(20,21)14-8-9-16(22-11-14)24-10-4-7-15(12-24)23-17(25)13-5-2-1-3-6-13/h5,8-9,11,15H,1-4,6-7,10,12H2,(H,23,25). The monoisotopic (exact) mass is 353 g/mol. The SMILES string of the molecule is O=C(NC1CCCN(c2ccc(C(F)(F)F)cn2)C1)C1=CCCCC1. The fourth-order valence-corrected chi connectivity index (χ4v) is 3.37. The summed E-state index contributed by atoms with van der Waals surface area (Å²) in [5.74, 6) is 0.510. The highest BCUT2D eigenvalue weighted by atomic mass is 19.4. The highest BCUT2D eigenvalue weighted by Crippen LogP contribution is 2.29. The number of alkyl halides is 3. The summed E-state index contributed by atoms with van der Waals surface area (Å²) in [6.07, 6.45) is 4.19. The minimum absolute atomic E-state index is 0.00632. The van der Waals surface area contributed by atoms with E-state index in [4.69, 9.17) is 0 Å². The second-order valence-corrected chi connectivity index (χ2v) is 6.64. The van der Waals surface area contributed by atoms with Gasteiger partial charge in [0.25, 0.3) is 0 Å². The average molecular weight is 353 g/mol. The normalized spacial score (nSPS) is 21.6. The molecule has 1 aromatic heterocycles. The number of hydrogen-bond acceptors (Lipinski definition) is 3. The number of amides is 1. The molecule has 0 saturated carbocycles. The molecule has 1 aliphatic carbocycles. The van der Waals surface area contributed by atoms with E-state index in [-0.39, 0.29) is 11.9 Å². The molecule has 1 N–H and O–H groups in total. The van der Waals surface area contributed by atoms with Crippen LogP contribution >= 0.6 is 0 Å². The fourth-order valence-electron chi connectivity index (χ4n) is 3.37. The van der Waals surface area contributed by atoms with Crippen LogP contribution in [0.5, 0.6) is 0 Å². The van der Waals surface area contributed by atoms with Gasteiger partial charge < -0.3 is 10.2 Å². The highest BCUT2D eigenvalue weighted by molar-refractivity contribution is 5.93. The summed E-state index contributed by atoms with van der Waals surface area (Å²) in [6, 6.07) is 2.45. The Hall–Kier alpha value is -2.05. The molecule has 4 nitrogen and oxygen atoms in total. The summed E-state index contributed by atoms with van der Waals surface area (Å²) in [6.45, 7) is 1.30. The number of pyridine rings is 1. The molecule has 25 heavy (non-hydrogen) atoms. The molecule has 1 amide bonds. The lowest BCUT2D eigenvalue weighted by atomic mass is 9.98. The minimum atomic E-state index is -4.38. The summed E-state index contributed by atoms with van der Waals surface area (Å²) >= 11 is 0. The van der Waals surface area contributed by atoms with Crippen molar-refractivity contribution in [3.63, 3.8) is 0 Å². The first-order valence-electron chi connectivity index (χ1n) is 8.71. The summed E-state index contributed by atoms with van der Waals surface area (Å²) in [5, 5.41) is 3.07. The van der Waals surface area contributed by atoms with E-state index in [2.05, 4.69) is 10.3 Å². The van der Waals surface area contributed by atoms with Gasteiger partial charge >= 0.3 is 6.18 Å². The molecule has 1 atom stereocenters. The number of nitrogens with zero attached hydrogens (tertiary/aromatic N) is 2. The van der Waals surface area contributed by atoms with E-state index in [1.165, 1.54) is 6.07 Å². The van der Waals surface area contributed by atoms with E-state index in [1.54, 1.807) is 0 Å². The van der Waals surface area contributed by atoms with E-state index in [9.17, 15) is 18.0 Å². The van der Waals surface area contributed by atoms with Gasteiger partial charge in [-0.2, -0.15) is 13.2 Å². The Morgan fingerprint density at radius 3 is 2.72 bits per heavy atom. The number of aromatic nitrogens is 1. The largest absolute Gasteiger partial charge is 0.417 e. The number of carbonyl (C=O) groups is 1. The maximum absolute atomic E-state index is 12.6. The fraction of sp³-hybridized carbons (Fsp3) is 0.556. The molecule has 0 aromatic carbocycles. The van der Waals surface area contributed by atoms with Crippen molar-refractivity contribution in [1.82, 2.24) is 10.3 Å². The third-order valence-corrected chi connectivity index (χ3v) is 4.74. The van der Waals surface area contributed by atoms with Crippen molar-refractivity contribution in [3.8, 4) is 0 Å². The van der Waals surface area contributed by atoms with Crippen LogP contribution in [0.15, 0.2) is 30.0 Å². The molecule has 1 unspecified atom stereocenters. The number of hydrogen-bond donors (Lipinski definition) is 1. The van der Waals surface area contributed by atoms with Gasteiger partial charge in [0.05, 0.1) is 5.56 Å². The van der Waals surface area contributed by atoms with Crippen LogP contribution in [-0.4, -0.2) is 30.0 Å². The van der Waals surface area contributed by atoms with E-state index in [1.807, 2.05) is 11.0 Å². The molecule has 1 aliphatic heterocycles. The van der Waals surface area contributed by atoms with Crippen LogP contribution in [0.25, 0.3) is 0 Å². The van der Waals surface area contributed by atoms with Gasteiger partial charge in [-0.15, -0.1) is 0 Å². The first kappa shape index (κ1) is 17.8. The van der Waals surface area contributed by atoms with E-state index >= 15 is 0 Å². The Kier molecular flexibility index (Phi) is 5.30. The molecule has 136 valence electrons. The van der Waals surface area contributed by atoms with Gasteiger partial charge in [0.2, 0.25) is 5.91 Å². The molecule has 7 heteroatoms. The van der Waals surface area contributed by atoms with Gasteiger partial charge in [-0.3, -0.25) is 4.79 Å². The number of rotatable bonds is 3. The molecular weight excluding hydrogens is 331 g/mol. The Morgan fingerprint density at radius 2 is 2.08 bits per heavy atom. The topological polar surface area (TPSA) is 45.2 Å². The van der Waals surface area contributed by atoms with Crippen LogP contribution in [0, 0.1) is 0 Å². The average Bonchev–Trinajstić information content (AvgIpc) is 2.62. The number of piperidine rings is 1. The van der Waals surface area contributed by atoms with Crippen LogP contribution in [0.4, 0.5) is 19.0 Å². The first-order valence-corrected chi connectivity index (χ1v) is 8.71. The molecule has 0 radical (unpaired) electrons. The summed E-state index contributed by atoms with van der Waals surface area (Å²) in [7, 11) is 0. The van der Waals surface area contributed by atoms with Gasteiger partial charge in [0, 0.05) is 30.9 Å². The van der Waals surface area contributed by atoms with Crippen LogP contribution in [-0.2, 0) is 11.0 Å². The molecule has 0 spiro atoms. The van der Waals surface area contributed by atoms with Crippen molar-refractivity contribution in [2.24, 2.45) is 0 Å². The maximum Gasteiger partial charge on any atom is 0.417 e. The van der Waals surface area contributed by atoms with Crippen molar-refractivity contribution < 1.29 is 18.0 Å². The second-order valence-electron chi connectivity index (χ2n) is 6.64. The molecule has 1 saturated heterocycles. The first-order chi connectivity index (χ1) is 11.9. The minimum Gasteiger partial charge on any atom is -0.355 e. The molecule has 1 fully saturated rings. The predicted molar refractivity (Wildman–Crippen MR) is 89.2 cm³/mol. The number of allylic oxidation sites excluding steroid dienone is 1. The van der Waals surface area contributed by atoms with Crippen molar-refractivity contribution in [2.45, 2.75) is 50.7 Å². The molecule has 1 aromatic rings. The summed E-state index contributed by atoms with van der Waals surface area (Å²) in [5.41, 5.74) is 0.110. The predicted octanol–water partition coefficient (Wildman–Crippen LogP) is 3.69. The Bertz CT molecular complexity index is 640. The van der Waals surface area contributed by atoms with E-state index < -0.39 is 11.7 Å². The van der Waals surface area contributed by atoms with E-state index in [0.717, 1.165) is 62.9 Å². The van der Waals surface area contributed by atoms with Crippen LogP contribution in [0.1, 0.15) is 44.1 Å². The van der Waals surface area contributed by atoms with Crippen molar-refractivity contribution in [2.75, 3.05) is 18.0 Å². The molecule has 2 heterocycles. The zero-order valence-corrected chi connectivity index (χ0v) is 14.0. The summed E-state index contributed by atoms with van der Waals surface area (Å²) < 4.78 is 37.9. The van der Waals surface area contributed by atoms with Crippen LogP contribution in [0.3, 0.4) is 0 Å². The Balaban J connectivity index is 1.61. The number of carbonyl (C=O) groups excluding carboxylic acids is 1. The lowest BCUT2D eigenvalue weighted by molar-refractivity contribution is -0.137. The van der Waals surface area contributed by atoms with Crippen molar-refractivity contribution in [1.29, 1.82) is 0 Å². The molecular formula is C18H22F3N3O. The van der Waals surface area contributed by atoms with Gasteiger partial charge in [-0.25, -0.2) is 4.98 Å². The maximum atomic E-state index is 12.6. The third kappa shape index (κ3) is 4.52. The lowest BCUT2D eigenvalue weighted by Gasteiger charge is -2.34. The molecule has 0 bridgehead atoms. The summed E-state index contributed by atoms with van der Waals surface area (Å²) in [4.78, 5) is 18.2. The lowest BCUT2D eigenvalue weighted by Crippen LogP contribution is -2.48. The highest BCUT2D eigenvalue weighted by Gasteiger charge is 2.31.